The van der Waals surface area contributed by atoms with E-state index in [-0.39, 0.29) is 18.1 Å². The number of halogens is 1. The van der Waals surface area contributed by atoms with Crippen molar-refractivity contribution in [3.8, 4) is 17.2 Å². The SMILES string of the molecule is COc1cc(C=CC(=O)c2cccc(O)c2)cc(Br)c1OCc1cccc(C(N)=O)c1. The number of carbonyl (C=O) groups is 2. The van der Waals surface area contributed by atoms with E-state index < -0.39 is 5.91 Å². The van der Waals surface area contributed by atoms with Gasteiger partial charge in [-0.05, 0) is 69.5 Å². The molecule has 1 amide bonds. The zero-order chi connectivity index (χ0) is 22.4. The summed E-state index contributed by atoms with van der Waals surface area (Å²) in [6, 6.07) is 16.6. The van der Waals surface area contributed by atoms with Gasteiger partial charge in [0, 0.05) is 11.1 Å². The highest BCUT2D eigenvalue weighted by Crippen LogP contribution is 2.37. The van der Waals surface area contributed by atoms with E-state index in [4.69, 9.17) is 15.2 Å². The fourth-order valence-electron chi connectivity index (χ4n) is 2.87. The Bertz CT molecular complexity index is 1160. The maximum Gasteiger partial charge on any atom is 0.248 e. The zero-order valence-electron chi connectivity index (χ0n) is 16.7. The van der Waals surface area contributed by atoms with Gasteiger partial charge in [0.25, 0.3) is 0 Å². The molecule has 0 aliphatic rings. The second kappa shape index (κ2) is 9.95. The molecule has 31 heavy (non-hydrogen) atoms. The molecule has 3 N–H and O–H groups in total. The number of benzene rings is 3. The van der Waals surface area contributed by atoms with Gasteiger partial charge in [0.1, 0.15) is 12.4 Å². The molecule has 0 aliphatic heterocycles. The Labute approximate surface area is 188 Å². The summed E-state index contributed by atoms with van der Waals surface area (Å²) in [5.41, 5.74) is 7.62. The van der Waals surface area contributed by atoms with Crippen LogP contribution >= 0.6 is 15.9 Å². The Morgan fingerprint density at radius 3 is 2.52 bits per heavy atom. The number of phenols is 1. The van der Waals surface area contributed by atoms with Crippen molar-refractivity contribution in [2.24, 2.45) is 5.73 Å². The summed E-state index contributed by atoms with van der Waals surface area (Å²) < 4.78 is 12.0. The number of hydrogen-bond donors (Lipinski definition) is 2. The first-order valence-electron chi connectivity index (χ1n) is 9.28. The maximum absolute atomic E-state index is 12.3. The molecule has 6 nitrogen and oxygen atoms in total. The number of amides is 1. The van der Waals surface area contributed by atoms with Gasteiger partial charge in [-0.3, -0.25) is 9.59 Å². The van der Waals surface area contributed by atoms with Gasteiger partial charge in [0.15, 0.2) is 17.3 Å². The Kier molecular flexibility index (Phi) is 7.10. The number of allylic oxidation sites excluding steroid dienone is 1. The number of rotatable bonds is 8. The van der Waals surface area contributed by atoms with Crippen LogP contribution in [0.2, 0.25) is 0 Å². The van der Waals surface area contributed by atoms with E-state index in [0.717, 1.165) is 11.1 Å². The fraction of sp³-hybridized carbons (Fsp3) is 0.0833. The van der Waals surface area contributed by atoms with Crippen LogP contribution in [0.4, 0.5) is 0 Å². The maximum atomic E-state index is 12.3. The third-order valence-corrected chi connectivity index (χ3v) is 4.99. The van der Waals surface area contributed by atoms with Crippen LogP contribution in [0.15, 0.2) is 71.2 Å². The van der Waals surface area contributed by atoms with Crippen LogP contribution in [0.1, 0.15) is 31.8 Å². The molecule has 0 aliphatic carbocycles. The van der Waals surface area contributed by atoms with E-state index in [0.29, 0.717) is 27.1 Å². The van der Waals surface area contributed by atoms with Gasteiger partial charge in [-0.2, -0.15) is 0 Å². The van der Waals surface area contributed by atoms with Crippen molar-refractivity contribution in [3.63, 3.8) is 0 Å². The third-order valence-electron chi connectivity index (χ3n) is 4.40. The molecule has 0 heterocycles. The van der Waals surface area contributed by atoms with Crippen LogP contribution in [0.3, 0.4) is 0 Å². The van der Waals surface area contributed by atoms with E-state index in [9.17, 15) is 14.7 Å². The van der Waals surface area contributed by atoms with Gasteiger partial charge < -0.3 is 20.3 Å². The molecule has 3 aromatic rings. The molecule has 3 rings (SSSR count). The topological polar surface area (TPSA) is 98.8 Å². The Balaban J connectivity index is 1.77. The monoisotopic (exact) mass is 481 g/mol. The van der Waals surface area contributed by atoms with Crippen LogP contribution in [0.5, 0.6) is 17.2 Å². The Morgan fingerprint density at radius 2 is 1.81 bits per heavy atom. The van der Waals surface area contributed by atoms with Gasteiger partial charge in [-0.1, -0.05) is 30.3 Å². The van der Waals surface area contributed by atoms with Crippen molar-refractivity contribution in [1.82, 2.24) is 0 Å². The summed E-state index contributed by atoms with van der Waals surface area (Å²) in [6.07, 6.45) is 3.08. The Hall–Kier alpha value is -3.58. The van der Waals surface area contributed by atoms with Crippen LogP contribution in [0.25, 0.3) is 6.08 Å². The molecule has 0 aromatic heterocycles. The molecule has 0 fully saturated rings. The predicted octanol–water partition coefficient (Wildman–Crippen LogP) is 4.74. The highest BCUT2D eigenvalue weighted by molar-refractivity contribution is 9.10. The van der Waals surface area contributed by atoms with E-state index >= 15 is 0 Å². The zero-order valence-corrected chi connectivity index (χ0v) is 18.3. The van der Waals surface area contributed by atoms with Crippen molar-refractivity contribution >= 4 is 33.7 Å². The van der Waals surface area contributed by atoms with E-state index in [1.807, 2.05) is 6.07 Å². The summed E-state index contributed by atoms with van der Waals surface area (Å²) >= 11 is 3.48. The summed E-state index contributed by atoms with van der Waals surface area (Å²) in [4.78, 5) is 23.7. The van der Waals surface area contributed by atoms with Crippen molar-refractivity contribution in [2.45, 2.75) is 6.61 Å². The van der Waals surface area contributed by atoms with E-state index in [1.54, 1.807) is 48.5 Å². The number of hydrogen-bond acceptors (Lipinski definition) is 5. The highest BCUT2D eigenvalue weighted by atomic mass is 79.9. The first kappa shape index (κ1) is 22.1. The molecular weight excluding hydrogens is 462 g/mol. The van der Waals surface area contributed by atoms with Crippen LogP contribution in [-0.2, 0) is 6.61 Å². The Morgan fingerprint density at radius 1 is 1.06 bits per heavy atom. The first-order valence-corrected chi connectivity index (χ1v) is 10.1. The number of carbonyl (C=O) groups excluding carboxylic acids is 2. The van der Waals surface area contributed by atoms with Crippen molar-refractivity contribution in [3.05, 3.63) is 93.5 Å². The molecular formula is C24H20BrNO5. The summed E-state index contributed by atoms with van der Waals surface area (Å²) in [5, 5.41) is 9.52. The van der Waals surface area contributed by atoms with Gasteiger partial charge >= 0.3 is 0 Å². The smallest absolute Gasteiger partial charge is 0.248 e. The average Bonchev–Trinajstić information content (AvgIpc) is 2.76. The lowest BCUT2D eigenvalue weighted by Crippen LogP contribution is -2.11. The number of ketones is 1. The fourth-order valence-corrected chi connectivity index (χ4v) is 3.45. The molecule has 158 valence electrons. The molecule has 0 atom stereocenters. The average molecular weight is 482 g/mol. The highest BCUT2D eigenvalue weighted by Gasteiger charge is 2.12. The van der Waals surface area contributed by atoms with Gasteiger partial charge in [-0.25, -0.2) is 0 Å². The van der Waals surface area contributed by atoms with Crippen molar-refractivity contribution in [1.29, 1.82) is 0 Å². The molecule has 7 heteroatoms. The van der Waals surface area contributed by atoms with Crippen LogP contribution < -0.4 is 15.2 Å². The minimum absolute atomic E-state index is 0.0338. The quantitative estimate of drug-likeness (QED) is 0.357. The minimum atomic E-state index is -0.503. The molecule has 0 spiro atoms. The third kappa shape index (κ3) is 5.73. The molecule has 0 radical (unpaired) electrons. The molecule has 0 saturated heterocycles. The van der Waals surface area contributed by atoms with E-state index in [2.05, 4.69) is 15.9 Å². The van der Waals surface area contributed by atoms with Gasteiger partial charge in [-0.15, -0.1) is 0 Å². The molecule has 3 aromatic carbocycles. The van der Waals surface area contributed by atoms with E-state index in [1.165, 1.54) is 25.3 Å². The van der Waals surface area contributed by atoms with Crippen LogP contribution in [-0.4, -0.2) is 23.9 Å². The number of ether oxygens (including phenoxy) is 2. The second-order valence-corrected chi connectivity index (χ2v) is 7.49. The summed E-state index contributed by atoms with van der Waals surface area (Å²) in [5.74, 6) is 0.262. The molecule has 0 bridgehead atoms. The number of phenolic OH excluding ortho intramolecular Hbond substituents is 1. The van der Waals surface area contributed by atoms with Gasteiger partial charge in [0.2, 0.25) is 5.91 Å². The van der Waals surface area contributed by atoms with Crippen molar-refractivity contribution in [2.75, 3.05) is 7.11 Å². The number of primary amides is 1. The number of nitrogens with two attached hydrogens (primary N) is 1. The number of aromatic hydroxyl groups is 1. The summed E-state index contributed by atoms with van der Waals surface area (Å²) in [7, 11) is 1.52. The molecule has 0 unspecified atom stereocenters. The summed E-state index contributed by atoms with van der Waals surface area (Å²) in [6.45, 7) is 0.210. The predicted molar refractivity (Wildman–Crippen MR) is 121 cm³/mol. The lowest BCUT2D eigenvalue weighted by atomic mass is 10.1. The normalized spacial score (nSPS) is 10.8. The lowest BCUT2D eigenvalue weighted by molar-refractivity contribution is 0.0998. The second-order valence-electron chi connectivity index (χ2n) is 6.64. The van der Waals surface area contributed by atoms with Crippen LogP contribution in [0, 0.1) is 0 Å². The van der Waals surface area contributed by atoms with Gasteiger partial charge in [0.05, 0.1) is 11.6 Å². The standard InChI is InChI=1S/C24H20BrNO5/c1-30-22-12-15(8-9-21(28)17-5-3-7-19(27)13-17)11-20(25)23(22)31-14-16-4-2-6-18(10-16)24(26)29/h2-13,27H,14H2,1H3,(H2,26,29). The first-order chi connectivity index (χ1) is 14.9. The van der Waals surface area contributed by atoms with Crippen molar-refractivity contribution < 1.29 is 24.2 Å². The molecule has 0 saturated carbocycles. The largest absolute Gasteiger partial charge is 0.508 e. The number of methoxy groups -OCH3 is 1. The minimum Gasteiger partial charge on any atom is -0.508 e. The lowest BCUT2D eigenvalue weighted by Gasteiger charge is -2.14.